The van der Waals surface area contributed by atoms with Crippen LogP contribution in [0.2, 0.25) is 0 Å². The van der Waals surface area contributed by atoms with Crippen molar-refractivity contribution in [2.45, 2.75) is 6.92 Å². The Kier molecular flexibility index (Phi) is 3.32. The fourth-order valence-corrected chi connectivity index (χ4v) is 3.85. The van der Waals surface area contributed by atoms with Crippen molar-refractivity contribution in [1.29, 1.82) is 0 Å². The minimum Gasteiger partial charge on any atom is -0.486 e. The second-order valence-electron chi connectivity index (χ2n) is 6.06. The van der Waals surface area contributed by atoms with Gasteiger partial charge in [0, 0.05) is 17.5 Å². The number of carbonyl (C=O) groups is 1. The van der Waals surface area contributed by atoms with Crippen molar-refractivity contribution >= 4 is 43.5 Å². The lowest BCUT2D eigenvalue weighted by atomic mass is 10.1. The molecule has 0 saturated heterocycles. The summed E-state index contributed by atoms with van der Waals surface area (Å²) in [4.78, 5) is 17.1. The number of thiazole rings is 1. The Hall–Kier alpha value is -3.13. The van der Waals surface area contributed by atoms with Gasteiger partial charge in [-0.3, -0.25) is 15.2 Å². The van der Waals surface area contributed by atoms with E-state index in [1.165, 1.54) is 11.3 Å². The first-order valence-electron chi connectivity index (χ1n) is 8.14. The number of ether oxygens (including phenoxy) is 2. The number of anilines is 1. The summed E-state index contributed by atoms with van der Waals surface area (Å²) in [7, 11) is 0. The van der Waals surface area contributed by atoms with Crippen LogP contribution in [-0.4, -0.2) is 34.3 Å². The topological polar surface area (TPSA) is 89.1 Å². The monoisotopic (exact) mass is 366 g/mol. The summed E-state index contributed by atoms with van der Waals surface area (Å²) in [5, 5.41) is 11.2. The second kappa shape index (κ2) is 5.70. The molecule has 0 spiro atoms. The summed E-state index contributed by atoms with van der Waals surface area (Å²) in [5.74, 6) is 1.10. The third-order valence-corrected chi connectivity index (χ3v) is 5.14. The smallest absolute Gasteiger partial charge is 0.278 e. The minimum atomic E-state index is -0.293. The molecule has 0 radical (unpaired) electrons. The quantitative estimate of drug-likeness (QED) is 0.567. The van der Waals surface area contributed by atoms with E-state index in [0.29, 0.717) is 35.5 Å². The highest BCUT2D eigenvalue weighted by atomic mass is 32.1. The van der Waals surface area contributed by atoms with Gasteiger partial charge in [-0.05, 0) is 19.1 Å². The molecule has 3 heterocycles. The van der Waals surface area contributed by atoms with E-state index in [4.69, 9.17) is 9.47 Å². The highest BCUT2D eigenvalue weighted by Crippen LogP contribution is 2.38. The number of carbonyl (C=O) groups excluding carboxylic acids is 1. The van der Waals surface area contributed by atoms with Crippen LogP contribution in [-0.2, 0) is 0 Å². The number of rotatable bonds is 2. The van der Waals surface area contributed by atoms with Crippen LogP contribution in [0, 0.1) is 6.92 Å². The van der Waals surface area contributed by atoms with Crippen molar-refractivity contribution in [2.24, 2.45) is 0 Å². The van der Waals surface area contributed by atoms with Crippen LogP contribution < -0.4 is 14.8 Å². The summed E-state index contributed by atoms with van der Waals surface area (Å²) >= 11 is 1.39. The number of hydrogen-bond acceptors (Lipinski definition) is 6. The highest BCUT2D eigenvalue weighted by molar-refractivity contribution is 7.22. The zero-order chi connectivity index (χ0) is 17.7. The lowest BCUT2D eigenvalue weighted by Gasteiger charge is -2.17. The normalized spacial score (nSPS) is 13.3. The molecule has 2 N–H and O–H groups in total. The molecule has 5 rings (SSSR count). The molecule has 26 heavy (non-hydrogen) atoms. The van der Waals surface area contributed by atoms with Crippen molar-refractivity contribution in [2.75, 3.05) is 18.5 Å². The van der Waals surface area contributed by atoms with Gasteiger partial charge >= 0.3 is 0 Å². The number of H-pyrrole nitrogens is 1. The number of aryl methyl sites for hydroxylation is 1. The SMILES string of the molecule is Cc1ccc2[nH]nc(C(=O)Nc3nc4cc5c(cc4s3)OCCO5)c2c1. The number of aromatic nitrogens is 3. The first-order valence-corrected chi connectivity index (χ1v) is 8.95. The predicted octanol–water partition coefficient (Wildman–Crippen LogP) is 3.50. The lowest BCUT2D eigenvalue weighted by molar-refractivity contribution is 0.102. The summed E-state index contributed by atoms with van der Waals surface area (Å²) in [6.45, 7) is 3.04. The van der Waals surface area contributed by atoms with E-state index >= 15 is 0 Å². The maximum absolute atomic E-state index is 12.7. The number of nitrogens with zero attached hydrogens (tertiary/aromatic N) is 2. The van der Waals surface area contributed by atoms with Gasteiger partial charge in [0.25, 0.3) is 5.91 Å². The molecule has 130 valence electrons. The van der Waals surface area contributed by atoms with Crippen LogP contribution in [0.5, 0.6) is 11.5 Å². The average Bonchev–Trinajstić information content (AvgIpc) is 3.22. The molecule has 0 atom stereocenters. The van der Waals surface area contributed by atoms with Crippen molar-refractivity contribution in [3.05, 3.63) is 41.6 Å². The van der Waals surface area contributed by atoms with Crippen LogP contribution >= 0.6 is 11.3 Å². The van der Waals surface area contributed by atoms with Gasteiger partial charge in [-0.15, -0.1) is 0 Å². The molecular formula is C18H14N4O3S. The Labute approximate surface area is 152 Å². The third-order valence-electron chi connectivity index (χ3n) is 4.21. The van der Waals surface area contributed by atoms with Crippen LogP contribution in [0.25, 0.3) is 21.1 Å². The van der Waals surface area contributed by atoms with E-state index in [0.717, 1.165) is 26.7 Å². The van der Waals surface area contributed by atoms with Crippen molar-refractivity contribution < 1.29 is 14.3 Å². The van der Waals surface area contributed by atoms with Gasteiger partial charge in [0.15, 0.2) is 22.3 Å². The molecule has 0 bridgehead atoms. The minimum absolute atomic E-state index is 0.293. The Bertz CT molecular complexity index is 1120. The van der Waals surface area contributed by atoms with Gasteiger partial charge in [-0.2, -0.15) is 5.10 Å². The molecule has 1 aliphatic heterocycles. The Balaban J connectivity index is 1.48. The first kappa shape index (κ1) is 15.2. The van der Waals surface area contributed by atoms with Gasteiger partial charge in [-0.25, -0.2) is 4.98 Å². The summed E-state index contributed by atoms with van der Waals surface area (Å²) in [6.07, 6.45) is 0. The van der Waals surface area contributed by atoms with Crippen LogP contribution in [0.15, 0.2) is 30.3 Å². The standard InChI is InChI=1S/C18H14N4O3S/c1-9-2-3-11-10(6-9)16(22-21-11)17(23)20-18-19-12-7-13-14(8-15(12)26-18)25-5-4-24-13/h2-3,6-8H,4-5H2,1H3,(H,21,22)(H,19,20,23). The van der Waals surface area contributed by atoms with E-state index in [1.807, 2.05) is 37.3 Å². The summed E-state index contributed by atoms with van der Waals surface area (Å²) in [5.41, 5.74) is 3.01. The van der Waals surface area contributed by atoms with Crippen LogP contribution in [0.4, 0.5) is 5.13 Å². The molecule has 2 aromatic heterocycles. The largest absolute Gasteiger partial charge is 0.486 e. The molecule has 0 fully saturated rings. The lowest BCUT2D eigenvalue weighted by Crippen LogP contribution is -2.15. The molecule has 0 aliphatic carbocycles. The third kappa shape index (κ3) is 2.46. The molecule has 7 nitrogen and oxygen atoms in total. The van der Waals surface area contributed by atoms with Crippen molar-refractivity contribution in [1.82, 2.24) is 15.2 Å². The zero-order valence-corrected chi connectivity index (χ0v) is 14.6. The maximum atomic E-state index is 12.7. The van der Waals surface area contributed by atoms with E-state index < -0.39 is 0 Å². The highest BCUT2D eigenvalue weighted by Gasteiger charge is 2.18. The molecule has 2 aromatic carbocycles. The number of nitrogens with one attached hydrogen (secondary N) is 2. The predicted molar refractivity (Wildman–Crippen MR) is 99.4 cm³/mol. The van der Waals surface area contributed by atoms with Crippen molar-refractivity contribution in [3.8, 4) is 11.5 Å². The summed E-state index contributed by atoms with van der Waals surface area (Å²) in [6, 6.07) is 9.56. The van der Waals surface area contributed by atoms with E-state index in [9.17, 15) is 4.79 Å². The molecule has 1 amide bonds. The van der Waals surface area contributed by atoms with Gasteiger partial charge in [0.1, 0.15) is 13.2 Å². The zero-order valence-electron chi connectivity index (χ0n) is 13.8. The Morgan fingerprint density at radius 3 is 2.85 bits per heavy atom. The average molecular weight is 366 g/mol. The molecule has 0 saturated carbocycles. The molecule has 8 heteroatoms. The number of benzene rings is 2. The van der Waals surface area contributed by atoms with Gasteiger partial charge in [0.05, 0.1) is 15.7 Å². The van der Waals surface area contributed by atoms with Gasteiger partial charge < -0.3 is 9.47 Å². The van der Waals surface area contributed by atoms with E-state index in [1.54, 1.807) is 0 Å². The molecule has 1 aliphatic rings. The number of amides is 1. The van der Waals surface area contributed by atoms with E-state index in [-0.39, 0.29) is 5.91 Å². The Morgan fingerprint density at radius 1 is 1.19 bits per heavy atom. The van der Waals surface area contributed by atoms with Crippen LogP contribution in [0.1, 0.15) is 16.1 Å². The molecule has 0 unspecified atom stereocenters. The second-order valence-corrected chi connectivity index (χ2v) is 7.09. The number of hydrogen-bond donors (Lipinski definition) is 2. The number of aromatic amines is 1. The maximum Gasteiger partial charge on any atom is 0.278 e. The first-order chi connectivity index (χ1) is 12.7. The Morgan fingerprint density at radius 2 is 2.00 bits per heavy atom. The fraction of sp³-hybridized carbons (Fsp3) is 0.167. The van der Waals surface area contributed by atoms with Crippen LogP contribution in [0.3, 0.4) is 0 Å². The summed E-state index contributed by atoms with van der Waals surface area (Å²) < 4.78 is 12.1. The number of fused-ring (bicyclic) bond motifs is 3. The molecular weight excluding hydrogens is 352 g/mol. The fourth-order valence-electron chi connectivity index (χ4n) is 2.98. The van der Waals surface area contributed by atoms with Crippen molar-refractivity contribution in [3.63, 3.8) is 0 Å². The van der Waals surface area contributed by atoms with Gasteiger partial charge in [-0.1, -0.05) is 23.0 Å². The van der Waals surface area contributed by atoms with Gasteiger partial charge in [0.2, 0.25) is 0 Å². The molecule has 4 aromatic rings. The van der Waals surface area contributed by atoms with E-state index in [2.05, 4.69) is 20.5 Å².